The summed E-state index contributed by atoms with van der Waals surface area (Å²) in [5.74, 6) is 0.731. The minimum Gasteiger partial charge on any atom is -0.489 e. The number of para-hydroxylation sites is 1. The van der Waals surface area contributed by atoms with Crippen LogP contribution in [0.1, 0.15) is 36.0 Å². The molecule has 5 heteroatoms. The van der Waals surface area contributed by atoms with Crippen molar-refractivity contribution in [2.45, 2.75) is 43.9 Å². The van der Waals surface area contributed by atoms with E-state index in [9.17, 15) is 9.90 Å². The normalized spacial score (nSPS) is 30.3. The lowest BCUT2D eigenvalue weighted by Crippen LogP contribution is -2.48. The molecular weight excluding hydrogens is 268 g/mol. The third-order valence-electron chi connectivity index (χ3n) is 4.85. The number of hydrogen-bond acceptors (Lipinski definition) is 4. The van der Waals surface area contributed by atoms with Crippen molar-refractivity contribution in [2.24, 2.45) is 0 Å². The van der Waals surface area contributed by atoms with Crippen LogP contribution < -0.4 is 10.1 Å². The quantitative estimate of drug-likeness (QED) is 0.824. The van der Waals surface area contributed by atoms with Gasteiger partial charge in [0, 0.05) is 18.6 Å². The fraction of sp³-hybridized carbons (Fsp3) is 0.562. The minimum atomic E-state index is -0.255. The molecule has 0 radical (unpaired) electrons. The summed E-state index contributed by atoms with van der Waals surface area (Å²) < 4.78 is 5.72. The largest absolute Gasteiger partial charge is 0.489 e. The molecule has 1 aromatic rings. The molecule has 0 saturated carbocycles. The van der Waals surface area contributed by atoms with Crippen molar-refractivity contribution in [1.29, 1.82) is 0 Å². The second-order valence-corrected chi connectivity index (χ2v) is 6.18. The maximum absolute atomic E-state index is 13.0. The van der Waals surface area contributed by atoms with Crippen molar-refractivity contribution in [1.82, 2.24) is 4.90 Å². The van der Waals surface area contributed by atoms with Crippen LogP contribution in [0.3, 0.4) is 0 Å². The van der Waals surface area contributed by atoms with Gasteiger partial charge in [0.2, 0.25) is 0 Å². The van der Waals surface area contributed by atoms with Gasteiger partial charge in [0.15, 0.2) is 5.75 Å². The van der Waals surface area contributed by atoms with Crippen LogP contribution >= 0.6 is 0 Å². The van der Waals surface area contributed by atoms with Crippen LogP contribution in [0.25, 0.3) is 0 Å². The SMILES string of the molecule is O=C(c1cccc2c1OCCN2)N1C2CCC1CC(O)C2. The Hall–Kier alpha value is -1.75. The van der Waals surface area contributed by atoms with Gasteiger partial charge in [-0.2, -0.15) is 0 Å². The van der Waals surface area contributed by atoms with Gasteiger partial charge < -0.3 is 20.1 Å². The van der Waals surface area contributed by atoms with E-state index < -0.39 is 0 Å². The predicted molar refractivity (Wildman–Crippen MR) is 78.6 cm³/mol. The smallest absolute Gasteiger partial charge is 0.258 e. The van der Waals surface area contributed by atoms with Gasteiger partial charge in [-0.3, -0.25) is 4.79 Å². The lowest BCUT2D eigenvalue weighted by molar-refractivity contribution is 0.0284. The van der Waals surface area contributed by atoms with Crippen molar-refractivity contribution >= 4 is 11.6 Å². The maximum atomic E-state index is 13.0. The van der Waals surface area contributed by atoms with Gasteiger partial charge in [0.05, 0.1) is 17.4 Å². The summed E-state index contributed by atoms with van der Waals surface area (Å²) >= 11 is 0. The first-order valence-electron chi connectivity index (χ1n) is 7.74. The molecule has 4 rings (SSSR count). The summed E-state index contributed by atoms with van der Waals surface area (Å²) in [6.07, 6.45) is 3.16. The van der Waals surface area contributed by atoms with Gasteiger partial charge in [-0.15, -0.1) is 0 Å². The summed E-state index contributed by atoms with van der Waals surface area (Å²) in [6, 6.07) is 6.05. The second kappa shape index (κ2) is 4.91. The highest BCUT2D eigenvalue weighted by Crippen LogP contribution is 2.39. The molecule has 2 atom stereocenters. The van der Waals surface area contributed by atoms with E-state index in [0.29, 0.717) is 30.8 Å². The van der Waals surface area contributed by atoms with E-state index in [4.69, 9.17) is 4.74 Å². The molecule has 0 spiro atoms. The number of amides is 1. The molecule has 21 heavy (non-hydrogen) atoms. The zero-order valence-corrected chi connectivity index (χ0v) is 11.9. The first-order valence-corrected chi connectivity index (χ1v) is 7.74. The summed E-state index contributed by atoms with van der Waals surface area (Å²) in [7, 11) is 0. The number of aliphatic hydroxyl groups excluding tert-OH is 1. The molecule has 0 aliphatic carbocycles. The van der Waals surface area contributed by atoms with Crippen molar-refractivity contribution < 1.29 is 14.6 Å². The lowest BCUT2D eigenvalue weighted by Gasteiger charge is -2.37. The molecule has 2 fully saturated rings. The van der Waals surface area contributed by atoms with E-state index >= 15 is 0 Å². The third kappa shape index (κ3) is 2.07. The molecule has 1 aromatic carbocycles. The van der Waals surface area contributed by atoms with Crippen LogP contribution in [-0.2, 0) is 0 Å². The minimum absolute atomic E-state index is 0.0509. The van der Waals surface area contributed by atoms with Gasteiger partial charge in [-0.25, -0.2) is 0 Å². The molecule has 2 saturated heterocycles. The highest BCUT2D eigenvalue weighted by atomic mass is 16.5. The van der Waals surface area contributed by atoms with Crippen LogP contribution in [0.2, 0.25) is 0 Å². The van der Waals surface area contributed by atoms with Gasteiger partial charge in [-0.1, -0.05) is 6.07 Å². The number of nitrogens with one attached hydrogen (secondary N) is 1. The fourth-order valence-electron chi connectivity index (χ4n) is 3.96. The Bertz CT molecular complexity index is 561. The van der Waals surface area contributed by atoms with Crippen molar-refractivity contribution in [3.63, 3.8) is 0 Å². The fourth-order valence-corrected chi connectivity index (χ4v) is 3.96. The van der Waals surface area contributed by atoms with E-state index in [1.54, 1.807) is 0 Å². The number of piperidine rings is 1. The highest BCUT2D eigenvalue weighted by molar-refractivity contribution is 5.99. The molecule has 3 aliphatic heterocycles. The molecule has 5 nitrogen and oxygen atoms in total. The molecule has 2 unspecified atom stereocenters. The zero-order chi connectivity index (χ0) is 14.4. The van der Waals surface area contributed by atoms with Gasteiger partial charge in [-0.05, 0) is 37.8 Å². The van der Waals surface area contributed by atoms with E-state index in [1.807, 2.05) is 23.1 Å². The Labute approximate surface area is 123 Å². The number of aliphatic hydroxyl groups is 1. The number of carbonyl (C=O) groups is 1. The van der Waals surface area contributed by atoms with E-state index in [2.05, 4.69) is 5.32 Å². The van der Waals surface area contributed by atoms with E-state index in [-0.39, 0.29) is 24.1 Å². The summed E-state index contributed by atoms with van der Waals surface area (Å²) in [6.45, 7) is 1.36. The second-order valence-electron chi connectivity index (χ2n) is 6.18. The Morgan fingerprint density at radius 2 is 2.05 bits per heavy atom. The van der Waals surface area contributed by atoms with E-state index in [1.165, 1.54) is 0 Å². The van der Waals surface area contributed by atoms with Crippen molar-refractivity contribution in [3.05, 3.63) is 23.8 Å². The molecule has 3 heterocycles. The molecule has 112 valence electrons. The maximum Gasteiger partial charge on any atom is 0.258 e. The molecule has 0 aromatic heterocycles. The van der Waals surface area contributed by atoms with Crippen molar-refractivity contribution in [2.75, 3.05) is 18.5 Å². The summed E-state index contributed by atoms with van der Waals surface area (Å²) in [5.41, 5.74) is 1.55. The first kappa shape index (κ1) is 13.0. The predicted octanol–water partition coefficient (Wildman–Crippen LogP) is 1.62. The van der Waals surface area contributed by atoms with Gasteiger partial charge in [0.1, 0.15) is 6.61 Å². The molecule has 1 amide bonds. The van der Waals surface area contributed by atoms with Crippen molar-refractivity contribution in [3.8, 4) is 5.75 Å². The zero-order valence-electron chi connectivity index (χ0n) is 11.9. The molecule has 2 N–H and O–H groups in total. The number of carbonyl (C=O) groups excluding carboxylic acids is 1. The standard InChI is InChI=1S/C16H20N2O3/c19-12-8-10-4-5-11(9-12)18(10)16(20)13-2-1-3-14-15(13)21-7-6-17-14/h1-3,10-12,17,19H,4-9H2. The van der Waals surface area contributed by atoms with Crippen LogP contribution in [0, 0.1) is 0 Å². The van der Waals surface area contributed by atoms with Crippen LogP contribution in [0.4, 0.5) is 5.69 Å². The average Bonchev–Trinajstić information content (AvgIpc) is 2.78. The molecule has 3 aliphatic rings. The highest BCUT2D eigenvalue weighted by Gasteiger charge is 2.43. The van der Waals surface area contributed by atoms with Crippen LogP contribution in [-0.4, -0.2) is 47.3 Å². The van der Waals surface area contributed by atoms with Crippen LogP contribution in [0.15, 0.2) is 18.2 Å². The van der Waals surface area contributed by atoms with Crippen LogP contribution in [0.5, 0.6) is 5.75 Å². The number of anilines is 1. The summed E-state index contributed by atoms with van der Waals surface area (Å²) in [5, 5.41) is 13.1. The van der Waals surface area contributed by atoms with Gasteiger partial charge >= 0.3 is 0 Å². The Morgan fingerprint density at radius 1 is 1.29 bits per heavy atom. The average molecular weight is 288 g/mol. The monoisotopic (exact) mass is 288 g/mol. The Morgan fingerprint density at radius 3 is 2.81 bits per heavy atom. The number of benzene rings is 1. The third-order valence-corrected chi connectivity index (χ3v) is 4.85. The Balaban J connectivity index is 1.67. The number of ether oxygens (including phenoxy) is 1. The van der Waals surface area contributed by atoms with Gasteiger partial charge in [0.25, 0.3) is 5.91 Å². The van der Waals surface area contributed by atoms with E-state index in [0.717, 1.165) is 25.1 Å². The number of nitrogens with zero attached hydrogens (tertiary/aromatic N) is 1. The lowest BCUT2D eigenvalue weighted by atomic mass is 9.98. The topological polar surface area (TPSA) is 61.8 Å². The molecule has 2 bridgehead atoms. The summed E-state index contributed by atoms with van der Waals surface area (Å²) in [4.78, 5) is 15.0. The number of rotatable bonds is 1. The number of hydrogen-bond donors (Lipinski definition) is 2. The number of fused-ring (bicyclic) bond motifs is 3. The Kier molecular flexibility index (Phi) is 3.03. The first-order chi connectivity index (χ1) is 10.2. The molecular formula is C16H20N2O3.